The van der Waals surface area contributed by atoms with Crippen LogP contribution >= 0.6 is 0 Å². The molecular formula is C24H27N7O2. The van der Waals surface area contributed by atoms with E-state index in [0.29, 0.717) is 22.9 Å². The van der Waals surface area contributed by atoms with E-state index >= 15 is 0 Å². The van der Waals surface area contributed by atoms with Gasteiger partial charge in [-0.15, -0.1) is 0 Å². The lowest BCUT2D eigenvalue weighted by Crippen LogP contribution is -2.41. The Morgan fingerprint density at radius 3 is 2.76 bits per heavy atom. The third-order valence-electron chi connectivity index (χ3n) is 7.34. The summed E-state index contributed by atoms with van der Waals surface area (Å²) >= 11 is 0. The van der Waals surface area contributed by atoms with E-state index in [1.54, 1.807) is 13.3 Å². The van der Waals surface area contributed by atoms with Gasteiger partial charge in [0.15, 0.2) is 11.5 Å². The first-order valence-corrected chi connectivity index (χ1v) is 11.4. The number of rotatable bonds is 4. The second kappa shape index (κ2) is 7.28. The molecule has 0 radical (unpaired) electrons. The van der Waals surface area contributed by atoms with Crippen LogP contribution in [0.3, 0.4) is 0 Å². The number of pyridine rings is 2. The van der Waals surface area contributed by atoms with Crippen molar-refractivity contribution in [1.82, 2.24) is 29.0 Å². The number of aryl methyl sites for hydroxylation is 2. The summed E-state index contributed by atoms with van der Waals surface area (Å²) < 4.78 is 9.40. The van der Waals surface area contributed by atoms with E-state index in [-0.39, 0.29) is 18.0 Å². The molecule has 4 aromatic heterocycles. The van der Waals surface area contributed by atoms with Crippen molar-refractivity contribution in [2.24, 2.45) is 18.7 Å². The number of piperidine rings is 1. The third kappa shape index (κ3) is 2.88. The normalized spacial score (nSPS) is 22.1. The van der Waals surface area contributed by atoms with Gasteiger partial charge in [0.05, 0.1) is 18.4 Å². The molecule has 2 N–H and O–H groups in total. The number of hydrogen-bond donors (Lipinski definition) is 1. The molecule has 0 spiro atoms. The van der Waals surface area contributed by atoms with Crippen molar-refractivity contribution in [3.63, 3.8) is 0 Å². The summed E-state index contributed by atoms with van der Waals surface area (Å²) in [5.41, 5.74) is 10.1. The van der Waals surface area contributed by atoms with Gasteiger partial charge < -0.3 is 24.5 Å². The number of methoxy groups -OCH3 is 1. The summed E-state index contributed by atoms with van der Waals surface area (Å²) in [6.45, 7) is 3.55. The summed E-state index contributed by atoms with van der Waals surface area (Å²) in [5, 5.41) is 1.02. The molecule has 9 nitrogen and oxygen atoms in total. The zero-order chi connectivity index (χ0) is 22.9. The number of hydrogen-bond acceptors (Lipinski definition) is 6. The number of ether oxygens (including phenoxy) is 1. The van der Waals surface area contributed by atoms with Crippen LogP contribution in [0.4, 0.5) is 0 Å². The van der Waals surface area contributed by atoms with Gasteiger partial charge in [0.25, 0.3) is 5.91 Å². The van der Waals surface area contributed by atoms with Gasteiger partial charge in [-0.05, 0) is 43.9 Å². The molecule has 1 aliphatic carbocycles. The molecule has 4 aromatic rings. The van der Waals surface area contributed by atoms with Crippen molar-refractivity contribution in [2.45, 2.75) is 38.4 Å². The highest BCUT2D eigenvalue weighted by atomic mass is 16.5. The SMILES string of the molecule is CCn1c(-c2nc3cc(C(=O)N4C[C@H]5CC[C@@H]4[C@@H]5N)cnc3n2C)cc2ccc(OC)nc21. The quantitative estimate of drug-likeness (QED) is 0.518. The second-order valence-electron chi connectivity index (χ2n) is 9.04. The predicted molar refractivity (Wildman–Crippen MR) is 125 cm³/mol. The van der Waals surface area contributed by atoms with E-state index in [4.69, 9.17) is 15.5 Å². The minimum absolute atomic E-state index is 0.00165. The first kappa shape index (κ1) is 20.2. The highest BCUT2D eigenvalue weighted by molar-refractivity contribution is 5.97. The molecule has 1 saturated heterocycles. The molecule has 0 aromatic carbocycles. The molecule has 170 valence electrons. The van der Waals surface area contributed by atoms with E-state index in [0.717, 1.165) is 54.1 Å². The van der Waals surface area contributed by atoms with Gasteiger partial charge in [0, 0.05) is 49.9 Å². The second-order valence-corrected chi connectivity index (χ2v) is 9.04. The number of nitrogens with two attached hydrogens (primary N) is 1. The van der Waals surface area contributed by atoms with E-state index in [2.05, 4.69) is 27.5 Å². The topological polar surface area (TPSA) is 104 Å². The number of carbonyl (C=O) groups excluding carboxylic acids is 1. The van der Waals surface area contributed by atoms with E-state index in [1.165, 1.54) is 0 Å². The molecule has 1 saturated carbocycles. The van der Waals surface area contributed by atoms with Gasteiger partial charge in [-0.1, -0.05) is 0 Å². The summed E-state index contributed by atoms with van der Waals surface area (Å²) in [6, 6.07) is 8.03. The van der Waals surface area contributed by atoms with Crippen LogP contribution in [0.1, 0.15) is 30.1 Å². The number of carbonyl (C=O) groups is 1. The van der Waals surface area contributed by atoms with Crippen molar-refractivity contribution >= 4 is 28.1 Å². The maximum Gasteiger partial charge on any atom is 0.255 e. The molecule has 1 amide bonds. The lowest BCUT2D eigenvalue weighted by molar-refractivity contribution is 0.0700. The van der Waals surface area contributed by atoms with E-state index in [1.807, 2.05) is 34.7 Å². The highest BCUT2D eigenvalue weighted by Crippen LogP contribution is 2.37. The van der Waals surface area contributed by atoms with Crippen LogP contribution in [0.2, 0.25) is 0 Å². The number of fused-ring (bicyclic) bond motifs is 4. The van der Waals surface area contributed by atoms with Gasteiger partial charge in [0.2, 0.25) is 5.88 Å². The Hall–Kier alpha value is -3.46. The van der Waals surface area contributed by atoms with Crippen molar-refractivity contribution in [3.05, 3.63) is 36.0 Å². The molecule has 2 fully saturated rings. The fraction of sp³-hybridized carbons (Fsp3) is 0.417. The Balaban J connectivity index is 1.41. The minimum Gasteiger partial charge on any atom is -0.481 e. The van der Waals surface area contributed by atoms with E-state index in [9.17, 15) is 4.79 Å². The first-order valence-electron chi connectivity index (χ1n) is 11.4. The Morgan fingerprint density at radius 1 is 1.21 bits per heavy atom. The molecule has 3 atom stereocenters. The van der Waals surface area contributed by atoms with Crippen molar-refractivity contribution in [2.75, 3.05) is 13.7 Å². The summed E-state index contributed by atoms with van der Waals surface area (Å²) in [6.07, 6.45) is 3.76. The summed E-state index contributed by atoms with van der Waals surface area (Å²) in [7, 11) is 3.56. The molecule has 0 unspecified atom stereocenters. The molecule has 2 bridgehead atoms. The van der Waals surface area contributed by atoms with Gasteiger partial charge in [-0.3, -0.25) is 4.79 Å². The van der Waals surface area contributed by atoms with Gasteiger partial charge >= 0.3 is 0 Å². The molecule has 33 heavy (non-hydrogen) atoms. The van der Waals surface area contributed by atoms with Gasteiger partial charge in [-0.25, -0.2) is 9.97 Å². The number of amides is 1. The number of imidazole rings is 1. The molecule has 5 heterocycles. The predicted octanol–water partition coefficient (Wildman–Crippen LogP) is 2.58. The Kier molecular flexibility index (Phi) is 4.45. The molecular weight excluding hydrogens is 418 g/mol. The van der Waals surface area contributed by atoms with E-state index < -0.39 is 0 Å². The molecule has 9 heteroatoms. The zero-order valence-corrected chi connectivity index (χ0v) is 19.0. The Bertz CT molecular complexity index is 1410. The fourth-order valence-electron chi connectivity index (χ4n) is 5.60. The standard InChI is InChI=1S/C24H27N7O2/c1-4-30-18(10-13-6-8-19(33-3)28-21(13)30)23-27-16-9-15(11-26-22(16)29(23)2)24(32)31-12-14-5-7-17(31)20(14)25/h6,8-11,14,17,20H,4-5,7,12,25H2,1-3H3/t14-,17-,20-/m1/s1. The van der Waals surface area contributed by atoms with Crippen molar-refractivity contribution in [1.29, 1.82) is 0 Å². The minimum atomic E-state index is -0.00165. The highest BCUT2D eigenvalue weighted by Gasteiger charge is 2.46. The van der Waals surface area contributed by atoms with Crippen molar-refractivity contribution in [3.8, 4) is 17.4 Å². The number of likely N-dealkylation sites (tertiary alicyclic amines) is 1. The molecule has 6 rings (SSSR count). The monoisotopic (exact) mass is 445 g/mol. The average molecular weight is 446 g/mol. The average Bonchev–Trinajstić information content (AvgIpc) is 3.57. The number of aromatic nitrogens is 5. The van der Waals surface area contributed by atoms with Crippen LogP contribution in [0.15, 0.2) is 30.5 Å². The zero-order valence-electron chi connectivity index (χ0n) is 19.0. The van der Waals surface area contributed by atoms with Crippen LogP contribution in [0, 0.1) is 5.92 Å². The molecule has 1 aliphatic heterocycles. The largest absolute Gasteiger partial charge is 0.481 e. The lowest BCUT2D eigenvalue weighted by atomic mass is 10.1. The van der Waals surface area contributed by atoms with Gasteiger partial charge in [-0.2, -0.15) is 4.98 Å². The van der Waals surface area contributed by atoms with Crippen LogP contribution in [-0.4, -0.2) is 60.6 Å². The van der Waals surface area contributed by atoms with Crippen LogP contribution in [0.5, 0.6) is 5.88 Å². The van der Waals surface area contributed by atoms with Gasteiger partial charge in [0.1, 0.15) is 11.2 Å². The van der Waals surface area contributed by atoms with Crippen molar-refractivity contribution < 1.29 is 9.53 Å². The first-order chi connectivity index (χ1) is 16.0. The number of nitrogens with zero attached hydrogens (tertiary/aromatic N) is 6. The Labute approximate surface area is 191 Å². The third-order valence-corrected chi connectivity index (χ3v) is 7.34. The maximum atomic E-state index is 13.2. The fourth-order valence-corrected chi connectivity index (χ4v) is 5.60. The molecule has 2 aliphatic rings. The Morgan fingerprint density at radius 2 is 2.06 bits per heavy atom. The summed E-state index contributed by atoms with van der Waals surface area (Å²) in [5.74, 6) is 1.77. The lowest BCUT2D eigenvalue weighted by Gasteiger charge is -2.27. The smallest absolute Gasteiger partial charge is 0.255 e. The summed E-state index contributed by atoms with van der Waals surface area (Å²) in [4.78, 5) is 29.3. The van der Waals surface area contributed by atoms with Crippen LogP contribution in [-0.2, 0) is 13.6 Å². The van der Waals surface area contributed by atoms with Crippen LogP contribution in [0.25, 0.3) is 33.7 Å². The van der Waals surface area contributed by atoms with Crippen LogP contribution < -0.4 is 10.5 Å². The maximum absolute atomic E-state index is 13.2.